The van der Waals surface area contributed by atoms with Gasteiger partial charge in [0.25, 0.3) is 0 Å². The number of nitrogens with zero attached hydrogens (tertiary/aromatic N) is 2. The van der Waals surface area contributed by atoms with Crippen LogP contribution in [0.15, 0.2) is 0 Å². The van der Waals surface area contributed by atoms with Crippen LogP contribution in [-0.4, -0.2) is 66.4 Å². The van der Waals surface area contributed by atoms with Crippen LogP contribution in [-0.2, 0) is 9.59 Å². The zero-order chi connectivity index (χ0) is 15.9. The minimum absolute atomic E-state index is 0.0708. The maximum Gasteiger partial charge on any atom is 0.234 e. The second-order valence-electron chi connectivity index (χ2n) is 6.50. The Labute approximate surface area is 128 Å². The molecule has 21 heavy (non-hydrogen) atoms. The van der Waals surface area contributed by atoms with Gasteiger partial charge in [-0.3, -0.25) is 14.5 Å². The first-order valence-electron chi connectivity index (χ1n) is 7.87. The monoisotopic (exact) mass is 298 g/mol. The molecular formula is C15H30N4O2. The first-order valence-corrected chi connectivity index (χ1v) is 7.87. The van der Waals surface area contributed by atoms with Gasteiger partial charge >= 0.3 is 0 Å². The number of nitrogens with one attached hydrogen (secondary N) is 1. The van der Waals surface area contributed by atoms with Crippen molar-refractivity contribution in [2.75, 3.05) is 39.3 Å². The predicted octanol–water partition coefficient (Wildman–Crippen LogP) is 0.174. The fourth-order valence-corrected chi connectivity index (χ4v) is 2.27. The highest BCUT2D eigenvalue weighted by molar-refractivity contribution is 5.78. The maximum absolute atomic E-state index is 12.1. The second kappa shape index (κ2) is 8.34. The number of hydrogen-bond acceptors (Lipinski definition) is 4. The molecule has 0 aromatic rings. The minimum atomic E-state index is -0.297. The maximum atomic E-state index is 12.1. The molecule has 0 bridgehead atoms. The fourth-order valence-electron chi connectivity index (χ4n) is 2.27. The van der Waals surface area contributed by atoms with E-state index >= 15 is 0 Å². The van der Waals surface area contributed by atoms with Crippen molar-refractivity contribution >= 4 is 11.8 Å². The van der Waals surface area contributed by atoms with Crippen molar-refractivity contribution in [3.63, 3.8) is 0 Å². The van der Waals surface area contributed by atoms with E-state index in [2.05, 4.69) is 10.2 Å². The zero-order valence-corrected chi connectivity index (χ0v) is 13.7. The Morgan fingerprint density at radius 1 is 1.19 bits per heavy atom. The van der Waals surface area contributed by atoms with E-state index in [1.165, 1.54) is 0 Å². The van der Waals surface area contributed by atoms with Crippen molar-refractivity contribution in [3.8, 4) is 0 Å². The van der Waals surface area contributed by atoms with Crippen molar-refractivity contribution in [2.45, 2.75) is 45.6 Å². The molecule has 2 amide bonds. The van der Waals surface area contributed by atoms with Gasteiger partial charge in [-0.2, -0.15) is 0 Å². The number of carbonyl (C=O) groups is 2. The topological polar surface area (TPSA) is 78.7 Å². The summed E-state index contributed by atoms with van der Waals surface area (Å²) in [5, 5.41) is 2.88. The lowest BCUT2D eigenvalue weighted by molar-refractivity contribution is -0.133. The third-order valence-corrected chi connectivity index (χ3v) is 3.65. The Bertz CT molecular complexity index is 344. The molecule has 0 spiro atoms. The van der Waals surface area contributed by atoms with E-state index < -0.39 is 0 Å². The zero-order valence-electron chi connectivity index (χ0n) is 13.7. The molecule has 0 aromatic carbocycles. The van der Waals surface area contributed by atoms with E-state index in [1.807, 2.05) is 25.7 Å². The van der Waals surface area contributed by atoms with E-state index in [-0.39, 0.29) is 17.4 Å². The van der Waals surface area contributed by atoms with Crippen LogP contribution >= 0.6 is 0 Å². The molecule has 1 saturated heterocycles. The molecule has 0 atom stereocenters. The van der Waals surface area contributed by atoms with Gasteiger partial charge in [0, 0.05) is 44.7 Å². The lowest BCUT2D eigenvalue weighted by Gasteiger charge is -2.34. The van der Waals surface area contributed by atoms with Crippen LogP contribution in [0.4, 0.5) is 0 Å². The fraction of sp³-hybridized carbons (Fsp3) is 0.867. The summed E-state index contributed by atoms with van der Waals surface area (Å²) in [5.74, 6) is 0.241. The van der Waals surface area contributed by atoms with E-state index in [0.717, 1.165) is 26.1 Å². The van der Waals surface area contributed by atoms with Gasteiger partial charge < -0.3 is 16.0 Å². The molecule has 0 saturated carbocycles. The molecule has 1 aliphatic heterocycles. The van der Waals surface area contributed by atoms with Crippen molar-refractivity contribution in [2.24, 2.45) is 5.73 Å². The summed E-state index contributed by atoms with van der Waals surface area (Å²) in [5.41, 5.74) is 5.61. The van der Waals surface area contributed by atoms with Gasteiger partial charge in [-0.15, -0.1) is 0 Å². The standard InChI is InChI=1S/C15H30N4O2/c1-4-7-17-13(20)12-18-8-10-19(11-9-18)14(21)5-6-15(2,3)16/h4-12,16H2,1-3H3,(H,17,20). The van der Waals surface area contributed by atoms with Crippen LogP contribution in [0.2, 0.25) is 0 Å². The molecule has 1 aliphatic rings. The SMILES string of the molecule is CCCNC(=O)CN1CCN(C(=O)CCC(C)(C)N)CC1. The summed E-state index contributed by atoms with van der Waals surface area (Å²) in [6, 6.07) is 0. The molecule has 6 heteroatoms. The van der Waals surface area contributed by atoms with Crippen LogP contribution < -0.4 is 11.1 Å². The van der Waals surface area contributed by atoms with Gasteiger partial charge in [0.2, 0.25) is 11.8 Å². The Morgan fingerprint density at radius 3 is 2.33 bits per heavy atom. The first-order chi connectivity index (χ1) is 9.81. The van der Waals surface area contributed by atoms with Crippen LogP contribution in [0.3, 0.4) is 0 Å². The number of carbonyl (C=O) groups excluding carboxylic acids is 2. The highest BCUT2D eigenvalue weighted by Gasteiger charge is 2.23. The Morgan fingerprint density at radius 2 is 1.81 bits per heavy atom. The average molecular weight is 298 g/mol. The van der Waals surface area contributed by atoms with E-state index in [4.69, 9.17) is 5.73 Å². The smallest absolute Gasteiger partial charge is 0.234 e. The molecule has 1 rings (SSSR count). The Kier molecular flexibility index (Phi) is 7.11. The van der Waals surface area contributed by atoms with Gasteiger partial charge in [-0.05, 0) is 26.7 Å². The average Bonchev–Trinajstić information content (AvgIpc) is 2.42. The van der Waals surface area contributed by atoms with Crippen LogP contribution in [0, 0.1) is 0 Å². The van der Waals surface area contributed by atoms with Crippen LogP contribution in [0.1, 0.15) is 40.0 Å². The van der Waals surface area contributed by atoms with E-state index in [9.17, 15) is 9.59 Å². The van der Waals surface area contributed by atoms with E-state index in [0.29, 0.717) is 32.5 Å². The molecule has 0 unspecified atom stereocenters. The molecule has 0 aliphatic carbocycles. The molecule has 0 aromatic heterocycles. The second-order valence-corrected chi connectivity index (χ2v) is 6.50. The van der Waals surface area contributed by atoms with Crippen molar-refractivity contribution in [1.29, 1.82) is 0 Å². The summed E-state index contributed by atoms with van der Waals surface area (Å²) in [6.45, 7) is 9.99. The quantitative estimate of drug-likeness (QED) is 0.702. The summed E-state index contributed by atoms with van der Waals surface area (Å²) in [6.07, 6.45) is 2.15. The molecular weight excluding hydrogens is 268 g/mol. The predicted molar refractivity (Wildman–Crippen MR) is 83.8 cm³/mol. The first kappa shape index (κ1) is 17.9. The number of hydrogen-bond donors (Lipinski definition) is 2. The summed E-state index contributed by atoms with van der Waals surface area (Å²) >= 11 is 0. The number of rotatable bonds is 7. The molecule has 1 heterocycles. The number of piperazine rings is 1. The number of amides is 2. The molecule has 122 valence electrons. The molecule has 3 N–H and O–H groups in total. The highest BCUT2D eigenvalue weighted by atomic mass is 16.2. The largest absolute Gasteiger partial charge is 0.355 e. The van der Waals surface area contributed by atoms with Gasteiger partial charge in [-0.1, -0.05) is 6.92 Å². The van der Waals surface area contributed by atoms with Crippen LogP contribution in [0.5, 0.6) is 0 Å². The van der Waals surface area contributed by atoms with Gasteiger partial charge in [0.15, 0.2) is 0 Å². The molecule has 0 radical (unpaired) electrons. The van der Waals surface area contributed by atoms with Gasteiger partial charge in [0.05, 0.1) is 6.54 Å². The Hall–Kier alpha value is -1.14. The normalized spacial score (nSPS) is 16.9. The van der Waals surface area contributed by atoms with E-state index in [1.54, 1.807) is 0 Å². The summed E-state index contributed by atoms with van der Waals surface area (Å²) < 4.78 is 0. The third kappa shape index (κ3) is 7.43. The summed E-state index contributed by atoms with van der Waals surface area (Å²) in [4.78, 5) is 27.7. The lowest BCUT2D eigenvalue weighted by Crippen LogP contribution is -2.51. The third-order valence-electron chi connectivity index (χ3n) is 3.65. The number of nitrogens with two attached hydrogens (primary N) is 1. The Balaban J connectivity index is 2.25. The summed E-state index contributed by atoms with van der Waals surface area (Å²) in [7, 11) is 0. The van der Waals surface area contributed by atoms with Crippen molar-refractivity contribution in [3.05, 3.63) is 0 Å². The van der Waals surface area contributed by atoms with Crippen molar-refractivity contribution in [1.82, 2.24) is 15.1 Å². The minimum Gasteiger partial charge on any atom is -0.355 e. The van der Waals surface area contributed by atoms with Crippen LogP contribution in [0.25, 0.3) is 0 Å². The lowest BCUT2D eigenvalue weighted by atomic mass is 9.99. The van der Waals surface area contributed by atoms with Gasteiger partial charge in [-0.25, -0.2) is 0 Å². The highest BCUT2D eigenvalue weighted by Crippen LogP contribution is 2.10. The van der Waals surface area contributed by atoms with Crippen molar-refractivity contribution < 1.29 is 9.59 Å². The molecule has 1 fully saturated rings. The van der Waals surface area contributed by atoms with Gasteiger partial charge in [0.1, 0.15) is 0 Å². The molecule has 6 nitrogen and oxygen atoms in total.